The first-order valence-electron chi connectivity index (χ1n) is 7.86. The van der Waals surface area contributed by atoms with Crippen LogP contribution in [0.2, 0.25) is 0 Å². The Hall–Kier alpha value is -1.80. The van der Waals surface area contributed by atoms with Crippen LogP contribution < -0.4 is 0 Å². The molecule has 2 fully saturated rings. The molecule has 3 heterocycles. The summed E-state index contributed by atoms with van der Waals surface area (Å²) in [4.78, 5) is 41.9. The predicted octanol–water partition coefficient (Wildman–Crippen LogP) is -0.0212. The minimum absolute atomic E-state index is 0.0987. The van der Waals surface area contributed by atoms with Crippen LogP contribution in [-0.4, -0.2) is 76.1 Å². The highest BCUT2D eigenvalue weighted by Crippen LogP contribution is 2.13. The van der Waals surface area contributed by atoms with Gasteiger partial charge >= 0.3 is 0 Å². The molecule has 0 saturated carbocycles. The third kappa shape index (κ3) is 3.94. The van der Waals surface area contributed by atoms with Crippen molar-refractivity contribution in [2.75, 3.05) is 39.3 Å². The monoisotopic (exact) mass is 336 g/mol. The SMILES string of the molecule is O=C(CN1C(=O)CCC1=O)N1CCN(CCc2ccns2)CC1. The topological polar surface area (TPSA) is 73.8 Å². The van der Waals surface area contributed by atoms with Crippen molar-refractivity contribution in [1.82, 2.24) is 19.1 Å². The van der Waals surface area contributed by atoms with Gasteiger partial charge in [-0.2, -0.15) is 0 Å². The van der Waals surface area contributed by atoms with Crippen LogP contribution in [0, 0.1) is 0 Å². The number of hydrogen-bond acceptors (Lipinski definition) is 6. The smallest absolute Gasteiger partial charge is 0.242 e. The molecule has 3 amide bonds. The molecule has 3 rings (SSSR count). The highest BCUT2D eigenvalue weighted by Gasteiger charge is 2.32. The fourth-order valence-electron chi connectivity index (χ4n) is 2.89. The lowest BCUT2D eigenvalue weighted by molar-refractivity contribution is -0.146. The lowest BCUT2D eigenvalue weighted by Crippen LogP contribution is -2.52. The molecule has 1 aromatic heterocycles. The van der Waals surface area contributed by atoms with E-state index >= 15 is 0 Å². The number of hydrogen-bond donors (Lipinski definition) is 0. The van der Waals surface area contributed by atoms with Gasteiger partial charge in [0.15, 0.2) is 0 Å². The Labute approximate surface area is 139 Å². The van der Waals surface area contributed by atoms with Crippen LogP contribution in [0.3, 0.4) is 0 Å². The summed E-state index contributed by atoms with van der Waals surface area (Å²) >= 11 is 1.52. The van der Waals surface area contributed by atoms with E-state index in [1.165, 1.54) is 16.4 Å². The number of amides is 3. The van der Waals surface area contributed by atoms with Crippen molar-refractivity contribution in [3.8, 4) is 0 Å². The molecule has 0 aliphatic carbocycles. The summed E-state index contributed by atoms with van der Waals surface area (Å²) in [6.45, 7) is 3.82. The van der Waals surface area contributed by atoms with Crippen LogP contribution in [-0.2, 0) is 20.8 Å². The maximum absolute atomic E-state index is 12.3. The minimum Gasteiger partial charge on any atom is -0.339 e. The van der Waals surface area contributed by atoms with Crippen molar-refractivity contribution >= 4 is 29.3 Å². The van der Waals surface area contributed by atoms with E-state index in [2.05, 4.69) is 9.27 Å². The average molecular weight is 336 g/mol. The normalized spacial score (nSPS) is 19.7. The van der Waals surface area contributed by atoms with Crippen LogP contribution >= 0.6 is 11.5 Å². The van der Waals surface area contributed by atoms with Gasteiger partial charge in [0, 0.05) is 56.6 Å². The Balaban J connectivity index is 1.42. The molecule has 23 heavy (non-hydrogen) atoms. The molecule has 1 aromatic rings. The molecule has 7 nitrogen and oxygen atoms in total. The Bertz CT molecular complexity index is 566. The van der Waals surface area contributed by atoms with Crippen LogP contribution in [0.4, 0.5) is 0 Å². The number of imide groups is 1. The average Bonchev–Trinajstić information content (AvgIpc) is 3.18. The van der Waals surface area contributed by atoms with Crippen LogP contribution in [0.15, 0.2) is 12.3 Å². The van der Waals surface area contributed by atoms with Gasteiger partial charge < -0.3 is 4.90 Å². The van der Waals surface area contributed by atoms with Gasteiger partial charge in [-0.3, -0.25) is 24.2 Å². The van der Waals surface area contributed by atoms with E-state index in [1.807, 2.05) is 12.3 Å². The number of aromatic nitrogens is 1. The fourth-order valence-corrected chi connectivity index (χ4v) is 3.46. The van der Waals surface area contributed by atoms with E-state index < -0.39 is 0 Å². The Kier molecular flexibility index (Phi) is 5.02. The molecule has 0 unspecified atom stereocenters. The molecule has 124 valence electrons. The first kappa shape index (κ1) is 16.1. The van der Waals surface area contributed by atoms with Crippen LogP contribution in [0.25, 0.3) is 0 Å². The zero-order chi connectivity index (χ0) is 16.2. The van der Waals surface area contributed by atoms with Crippen molar-refractivity contribution in [2.24, 2.45) is 0 Å². The Morgan fingerprint density at radius 1 is 1.13 bits per heavy atom. The van der Waals surface area contributed by atoms with Gasteiger partial charge in [-0.05, 0) is 24.0 Å². The quantitative estimate of drug-likeness (QED) is 0.707. The second-order valence-corrected chi connectivity index (χ2v) is 6.74. The van der Waals surface area contributed by atoms with Gasteiger partial charge in [-0.1, -0.05) is 0 Å². The molecule has 2 saturated heterocycles. The standard InChI is InChI=1S/C15H20N4O3S/c20-13-1-2-14(21)19(13)11-15(22)18-9-7-17(8-10-18)6-4-12-3-5-16-23-12/h3,5H,1-2,4,6-11H2. The summed E-state index contributed by atoms with van der Waals surface area (Å²) in [6.07, 6.45) is 3.27. The number of carbonyl (C=O) groups excluding carboxylic acids is 3. The summed E-state index contributed by atoms with van der Waals surface area (Å²) in [5, 5.41) is 0. The predicted molar refractivity (Wildman–Crippen MR) is 84.8 cm³/mol. The highest BCUT2D eigenvalue weighted by atomic mass is 32.1. The van der Waals surface area contributed by atoms with Crippen LogP contribution in [0.1, 0.15) is 17.7 Å². The van der Waals surface area contributed by atoms with E-state index in [-0.39, 0.29) is 37.1 Å². The van der Waals surface area contributed by atoms with Gasteiger partial charge in [0.1, 0.15) is 6.54 Å². The van der Waals surface area contributed by atoms with Crippen molar-refractivity contribution in [2.45, 2.75) is 19.3 Å². The lowest BCUT2D eigenvalue weighted by atomic mass is 10.2. The largest absolute Gasteiger partial charge is 0.339 e. The molecule has 0 radical (unpaired) electrons. The second-order valence-electron chi connectivity index (χ2n) is 5.82. The summed E-state index contributed by atoms with van der Waals surface area (Å²) < 4.78 is 4.09. The summed E-state index contributed by atoms with van der Waals surface area (Å²) in [5.41, 5.74) is 0. The van der Waals surface area contributed by atoms with E-state index in [4.69, 9.17) is 0 Å². The van der Waals surface area contributed by atoms with Gasteiger partial charge in [-0.15, -0.1) is 0 Å². The first-order valence-corrected chi connectivity index (χ1v) is 8.64. The Morgan fingerprint density at radius 2 is 1.83 bits per heavy atom. The molecule has 0 atom stereocenters. The minimum atomic E-state index is -0.230. The van der Waals surface area contributed by atoms with E-state index in [0.29, 0.717) is 13.1 Å². The number of carbonyl (C=O) groups is 3. The Morgan fingerprint density at radius 3 is 2.43 bits per heavy atom. The number of nitrogens with zero attached hydrogens (tertiary/aromatic N) is 4. The molecule has 0 aromatic carbocycles. The van der Waals surface area contributed by atoms with E-state index in [1.54, 1.807) is 4.90 Å². The first-order chi connectivity index (χ1) is 11.1. The van der Waals surface area contributed by atoms with Gasteiger partial charge in [0.25, 0.3) is 0 Å². The molecule has 2 aliphatic rings. The zero-order valence-electron chi connectivity index (χ0n) is 12.9. The molecule has 0 bridgehead atoms. The van der Waals surface area contributed by atoms with Gasteiger partial charge in [0.05, 0.1) is 0 Å². The fraction of sp³-hybridized carbons (Fsp3) is 0.600. The molecule has 8 heteroatoms. The van der Waals surface area contributed by atoms with Crippen molar-refractivity contribution in [3.63, 3.8) is 0 Å². The van der Waals surface area contributed by atoms with Crippen molar-refractivity contribution in [1.29, 1.82) is 0 Å². The van der Waals surface area contributed by atoms with Gasteiger partial charge in [-0.25, -0.2) is 4.37 Å². The number of rotatable bonds is 5. The third-order valence-corrected chi connectivity index (χ3v) is 5.14. The lowest BCUT2D eigenvalue weighted by Gasteiger charge is -2.35. The van der Waals surface area contributed by atoms with Crippen LogP contribution in [0.5, 0.6) is 0 Å². The van der Waals surface area contributed by atoms with Crippen molar-refractivity contribution < 1.29 is 14.4 Å². The molecular formula is C15H20N4O3S. The molecule has 0 N–H and O–H groups in total. The third-order valence-electron chi connectivity index (χ3n) is 4.34. The number of piperazine rings is 1. The molecular weight excluding hydrogens is 316 g/mol. The summed E-state index contributed by atoms with van der Waals surface area (Å²) in [6, 6.07) is 2.04. The zero-order valence-corrected chi connectivity index (χ0v) is 13.8. The highest BCUT2D eigenvalue weighted by molar-refractivity contribution is 7.05. The van der Waals surface area contributed by atoms with Gasteiger partial charge in [0.2, 0.25) is 17.7 Å². The van der Waals surface area contributed by atoms with Crippen molar-refractivity contribution in [3.05, 3.63) is 17.1 Å². The maximum atomic E-state index is 12.3. The summed E-state index contributed by atoms with van der Waals surface area (Å²) in [7, 11) is 0. The summed E-state index contributed by atoms with van der Waals surface area (Å²) in [5.74, 6) is -0.589. The van der Waals surface area contributed by atoms with E-state index in [0.717, 1.165) is 31.0 Å². The number of likely N-dealkylation sites (tertiary alicyclic amines) is 1. The maximum Gasteiger partial charge on any atom is 0.242 e. The second kappa shape index (κ2) is 7.18. The van der Waals surface area contributed by atoms with E-state index in [9.17, 15) is 14.4 Å². The molecule has 0 spiro atoms. The molecule has 2 aliphatic heterocycles.